The van der Waals surface area contributed by atoms with Crippen LogP contribution >= 0.6 is 11.3 Å². The van der Waals surface area contributed by atoms with Gasteiger partial charge in [-0.2, -0.15) is 0 Å². The SMILES string of the molecule is O=C(CCc1ccc(F)cc1)Cc1cccc(CC(=O)c2cc3scnc3[nH]2)c1. The van der Waals surface area contributed by atoms with Crippen molar-refractivity contribution < 1.29 is 14.0 Å². The Balaban J connectivity index is 1.35. The van der Waals surface area contributed by atoms with Gasteiger partial charge in [-0.15, -0.1) is 11.3 Å². The number of carbonyl (C=O) groups excluding carboxylic acids is 2. The Kier molecular flexibility index (Phi) is 5.62. The Morgan fingerprint density at radius 3 is 2.48 bits per heavy atom. The summed E-state index contributed by atoms with van der Waals surface area (Å²) >= 11 is 1.49. The number of Topliss-reactive ketones (excluding diaryl/α,β-unsaturated/α-hetero) is 2. The Bertz CT molecular complexity index is 1130. The maximum Gasteiger partial charge on any atom is 0.183 e. The van der Waals surface area contributed by atoms with Crippen LogP contribution in [0.2, 0.25) is 0 Å². The van der Waals surface area contributed by atoms with E-state index in [1.165, 1.54) is 23.5 Å². The molecular weight excluding hydrogens is 387 g/mol. The summed E-state index contributed by atoms with van der Waals surface area (Å²) in [4.78, 5) is 32.1. The lowest BCUT2D eigenvalue weighted by Crippen LogP contribution is -2.07. The molecule has 0 unspecified atom stereocenters. The molecule has 29 heavy (non-hydrogen) atoms. The maximum absolute atomic E-state index is 13.0. The van der Waals surface area contributed by atoms with Gasteiger partial charge < -0.3 is 4.98 Å². The van der Waals surface area contributed by atoms with Crippen LogP contribution in [0.15, 0.2) is 60.1 Å². The van der Waals surface area contributed by atoms with E-state index in [-0.39, 0.29) is 23.8 Å². The number of H-pyrrole nitrogens is 1. The van der Waals surface area contributed by atoms with E-state index in [0.29, 0.717) is 25.0 Å². The van der Waals surface area contributed by atoms with Crippen LogP contribution < -0.4 is 0 Å². The second-order valence-corrected chi connectivity index (χ2v) is 7.90. The van der Waals surface area contributed by atoms with Crippen molar-refractivity contribution in [3.63, 3.8) is 0 Å². The molecule has 2 aromatic carbocycles. The van der Waals surface area contributed by atoms with Crippen LogP contribution in [0.4, 0.5) is 4.39 Å². The molecule has 146 valence electrons. The summed E-state index contributed by atoms with van der Waals surface area (Å²) in [5, 5.41) is 0. The molecule has 0 amide bonds. The summed E-state index contributed by atoms with van der Waals surface area (Å²) in [6, 6.07) is 15.6. The molecule has 1 N–H and O–H groups in total. The fraction of sp³-hybridized carbons (Fsp3) is 0.174. The van der Waals surface area contributed by atoms with Crippen molar-refractivity contribution in [2.45, 2.75) is 25.7 Å². The van der Waals surface area contributed by atoms with Crippen LogP contribution in [-0.4, -0.2) is 21.5 Å². The minimum atomic E-state index is -0.276. The maximum atomic E-state index is 13.0. The molecule has 4 aromatic rings. The number of hydrogen-bond donors (Lipinski definition) is 1. The number of fused-ring (bicyclic) bond motifs is 1. The smallest absolute Gasteiger partial charge is 0.183 e. The average molecular weight is 406 g/mol. The number of benzene rings is 2. The number of hydrogen-bond acceptors (Lipinski definition) is 4. The Hall–Kier alpha value is -3.12. The zero-order valence-electron chi connectivity index (χ0n) is 15.7. The molecular formula is C23H19FN2O2S. The van der Waals surface area contributed by atoms with Gasteiger partial charge in [-0.05, 0) is 41.3 Å². The van der Waals surface area contributed by atoms with Crippen molar-refractivity contribution in [3.8, 4) is 0 Å². The molecule has 0 aliphatic carbocycles. The molecule has 2 heterocycles. The minimum Gasteiger partial charge on any atom is -0.336 e. The summed E-state index contributed by atoms with van der Waals surface area (Å²) in [7, 11) is 0. The molecule has 4 rings (SSSR count). The number of aromatic amines is 1. The molecule has 0 saturated carbocycles. The molecule has 0 bridgehead atoms. The number of rotatable bonds is 8. The highest BCUT2D eigenvalue weighted by atomic mass is 32.1. The first-order valence-electron chi connectivity index (χ1n) is 9.36. The third-order valence-corrected chi connectivity index (χ3v) is 5.56. The van der Waals surface area contributed by atoms with Gasteiger partial charge in [-0.1, -0.05) is 36.4 Å². The molecule has 0 saturated heterocycles. The van der Waals surface area contributed by atoms with Gasteiger partial charge in [0.1, 0.15) is 17.2 Å². The van der Waals surface area contributed by atoms with E-state index in [9.17, 15) is 14.0 Å². The zero-order chi connectivity index (χ0) is 20.2. The van der Waals surface area contributed by atoms with Crippen LogP contribution in [0.5, 0.6) is 0 Å². The largest absolute Gasteiger partial charge is 0.336 e. The van der Waals surface area contributed by atoms with Crippen molar-refractivity contribution >= 4 is 33.3 Å². The first-order chi connectivity index (χ1) is 14.1. The van der Waals surface area contributed by atoms with Gasteiger partial charge in [0, 0.05) is 19.3 Å². The minimum absolute atomic E-state index is 0.00464. The van der Waals surface area contributed by atoms with Gasteiger partial charge in [0.2, 0.25) is 0 Å². The van der Waals surface area contributed by atoms with Gasteiger partial charge >= 0.3 is 0 Å². The molecule has 0 spiro atoms. The van der Waals surface area contributed by atoms with Crippen LogP contribution in [0.1, 0.15) is 33.6 Å². The van der Waals surface area contributed by atoms with Crippen LogP contribution in [0, 0.1) is 5.82 Å². The standard InChI is InChI=1S/C23H19FN2O2S/c24-18-7-4-15(5-8-18)6-9-19(27)11-16-2-1-3-17(10-16)12-21(28)20-13-22-23(26-20)25-14-29-22/h1-5,7-8,10,13-14,26H,6,9,11-12H2. The number of carbonyl (C=O) groups is 2. The van der Waals surface area contributed by atoms with Gasteiger partial charge in [0.25, 0.3) is 0 Å². The third kappa shape index (κ3) is 4.84. The fourth-order valence-electron chi connectivity index (χ4n) is 3.28. The first kappa shape index (κ1) is 19.2. The van der Waals surface area contributed by atoms with Gasteiger partial charge in [-0.25, -0.2) is 9.37 Å². The van der Waals surface area contributed by atoms with Crippen molar-refractivity contribution in [2.75, 3.05) is 0 Å². The number of aromatic nitrogens is 2. The highest BCUT2D eigenvalue weighted by Crippen LogP contribution is 2.20. The second kappa shape index (κ2) is 8.49. The van der Waals surface area contributed by atoms with Crippen molar-refractivity contribution in [3.05, 3.63) is 88.3 Å². The second-order valence-electron chi connectivity index (χ2n) is 7.01. The Morgan fingerprint density at radius 1 is 0.966 bits per heavy atom. The van der Waals surface area contributed by atoms with E-state index in [1.807, 2.05) is 30.3 Å². The van der Waals surface area contributed by atoms with Gasteiger partial charge in [0.05, 0.1) is 15.9 Å². The lowest BCUT2D eigenvalue weighted by atomic mass is 9.99. The van der Waals surface area contributed by atoms with E-state index in [1.54, 1.807) is 17.6 Å². The van der Waals surface area contributed by atoms with Crippen molar-refractivity contribution in [1.82, 2.24) is 9.97 Å². The van der Waals surface area contributed by atoms with E-state index in [2.05, 4.69) is 9.97 Å². The van der Waals surface area contributed by atoms with Crippen LogP contribution in [-0.2, 0) is 24.1 Å². The predicted octanol–water partition coefficient (Wildman–Crippen LogP) is 4.93. The Morgan fingerprint density at radius 2 is 1.72 bits per heavy atom. The molecule has 0 aliphatic heterocycles. The average Bonchev–Trinajstić information content (AvgIpc) is 3.30. The zero-order valence-corrected chi connectivity index (χ0v) is 16.5. The van der Waals surface area contributed by atoms with E-state index in [0.717, 1.165) is 27.0 Å². The number of thiazole rings is 1. The Labute approximate surface area is 171 Å². The van der Waals surface area contributed by atoms with E-state index in [4.69, 9.17) is 0 Å². The van der Waals surface area contributed by atoms with Gasteiger partial charge in [0.15, 0.2) is 5.78 Å². The number of nitrogens with one attached hydrogen (secondary N) is 1. The van der Waals surface area contributed by atoms with Gasteiger partial charge in [-0.3, -0.25) is 9.59 Å². The lowest BCUT2D eigenvalue weighted by molar-refractivity contribution is -0.118. The molecule has 0 aliphatic rings. The molecule has 6 heteroatoms. The molecule has 0 atom stereocenters. The van der Waals surface area contributed by atoms with Crippen molar-refractivity contribution in [1.29, 1.82) is 0 Å². The lowest BCUT2D eigenvalue weighted by Gasteiger charge is -2.05. The highest BCUT2D eigenvalue weighted by molar-refractivity contribution is 7.16. The topological polar surface area (TPSA) is 62.8 Å². The van der Waals surface area contributed by atoms with Crippen LogP contribution in [0.3, 0.4) is 0 Å². The molecule has 0 radical (unpaired) electrons. The summed E-state index contributed by atoms with van der Waals surface area (Å²) in [6.45, 7) is 0. The van der Waals surface area contributed by atoms with Crippen molar-refractivity contribution in [2.24, 2.45) is 0 Å². The summed E-state index contributed by atoms with van der Waals surface area (Å²) < 4.78 is 13.9. The third-order valence-electron chi connectivity index (χ3n) is 4.79. The molecule has 4 nitrogen and oxygen atoms in total. The van der Waals surface area contributed by atoms with E-state index >= 15 is 0 Å². The number of nitrogens with zero attached hydrogens (tertiary/aromatic N) is 1. The summed E-state index contributed by atoms with van der Waals surface area (Å²) in [5.41, 5.74) is 5.75. The van der Waals surface area contributed by atoms with E-state index < -0.39 is 0 Å². The quantitative estimate of drug-likeness (QED) is 0.422. The number of ketones is 2. The first-order valence-corrected chi connectivity index (χ1v) is 10.2. The predicted molar refractivity (Wildman–Crippen MR) is 112 cm³/mol. The summed E-state index contributed by atoms with van der Waals surface area (Å²) in [6.07, 6.45) is 1.59. The summed E-state index contributed by atoms with van der Waals surface area (Å²) in [5.74, 6) is -0.162. The number of halogens is 1. The molecule has 0 fully saturated rings. The van der Waals surface area contributed by atoms with Crippen LogP contribution in [0.25, 0.3) is 10.3 Å². The number of aryl methyl sites for hydroxylation is 1. The highest BCUT2D eigenvalue weighted by Gasteiger charge is 2.13. The normalized spacial score (nSPS) is 11.1. The molecule has 2 aromatic heterocycles. The monoisotopic (exact) mass is 406 g/mol. The fourth-order valence-corrected chi connectivity index (χ4v) is 3.95.